The van der Waals surface area contributed by atoms with Crippen molar-refractivity contribution in [2.45, 2.75) is 59.7 Å². The molecule has 1 aliphatic heterocycles. The quantitative estimate of drug-likeness (QED) is 0.0744. The van der Waals surface area contributed by atoms with Crippen LogP contribution in [0, 0.1) is 11.8 Å². The molecule has 0 aromatic heterocycles. The number of nitrogen functional groups attached to an aromatic ring is 1. The third-order valence-corrected chi connectivity index (χ3v) is 11.8. The average Bonchev–Trinajstić information content (AvgIpc) is 3.16. The summed E-state index contributed by atoms with van der Waals surface area (Å²) in [5, 5.41) is 0.731. The highest BCUT2D eigenvalue weighted by atomic mass is 35.5. The number of rotatable bonds is 12. The summed E-state index contributed by atoms with van der Waals surface area (Å²) in [7, 11) is 0. The first-order chi connectivity index (χ1) is 25.9. The van der Waals surface area contributed by atoms with Crippen molar-refractivity contribution in [3.8, 4) is 11.1 Å². The number of thioether (sulfide) groups is 2. The van der Waals surface area contributed by atoms with Gasteiger partial charge in [0.15, 0.2) is 0 Å². The molecular weight excluding hydrogens is 763 g/mol. The van der Waals surface area contributed by atoms with Crippen molar-refractivity contribution in [2.75, 3.05) is 29.5 Å². The molecule has 284 valence electrons. The summed E-state index contributed by atoms with van der Waals surface area (Å²) in [4.78, 5) is 16.8. The SMILES string of the molecule is CC(C)CCSc1ccccc1.Nc1ccc(SNC(=O)c2ccc(N3CCC(Cc4ccccc4-c4ccc(Cl)cc4)CC3)cc2)cc1SC(F)(F)F. The number of carbonyl (C=O) groups excluding carboxylic acids is 1. The van der Waals surface area contributed by atoms with E-state index in [4.69, 9.17) is 17.3 Å². The average molecular weight is 809 g/mol. The van der Waals surface area contributed by atoms with E-state index in [-0.39, 0.29) is 28.3 Å². The first kappa shape index (κ1) is 41.5. The Morgan fingerprint density at radius 3 is 2.20 bits per heavy atom. The van der Waals surface area contributed by atoms with Crippen LogP contribution in [0.4, 0.5) is 24.5 Å². The van der Waals surface area contributed by atoms with Crippen molar-refractivity contribution in [1.82, 2.24) is 4.72 Å². The number of anilines is 2. The van der Waals surface area contributed by atoms with E-state index in [9.17, 15) is 18.0 Å². The lowest BCUT2D eigenvalue weighted by Gasteiger charge is -2.34. The van der Waals surface area contributed by atoms with Crippen molar-refractivity contribution >= 4 is 64.4 Å². The van der Waals surface area contributed by atoms with Gasteiger partial charge in [0.2, 0.25) is 0 Å². The number of carbonyl (C=O) groups is 1. The van der Waals surface area contributed by atoms with E-state index in [0.717, 1.165) is 60.9 Å². The van der Waals surface area contributed by atoms with Gasteiger partial charge in [0, 0.05) is 49.7 Å². The Morgan fingerprint density at radius 2 is 1.54 bits per heavy atom. The molecule has 1 heterocycles. The summed E-state index contributed by atoms with van der Waals surface area (Å²) in [6.45, 7) is 6.41. The highest BCUT2D eigenvalue weighted by Crippen LogP contribution is 2.41. The van der Waals surface area contributed by atoms with Crippen LogP contribution in [0.3, 0.4) is 0 Å². The Kier molecular flexibility index (Phi) is 15.6. The Morgan fingerprint density at radius 1 is 0.870 bits per heavy atom. The van der Waals surface area contributed by atoms with Crippen LogP contribution in [0.25, 0.3) is 11.1 Å². The molecule has 0 saturated carbocycles. The van der Waals surface area contributed by atoms with Gasteiger partial charge in [0.1, 0.15) is 0 Å². The van der Waals surface area contributed by atoms with Gasteiger partial charge in [-0.15, -0.1) is 11.8 Å². The number of amides is 1. The Bertz CT molecular complexity index is 1920. The molecule has 1 fully saturated rings. The molecule has 0 spiro atoms. The van der Waals surface area contributed by atoms with Gasteiger partial charge in [0.25, 0.3) is 5.91 Å². The molecule has 3 N–H and O–H groups in total. The lowest BCUT2D eigenvalue weighted by atomic mass is 9.87. The van der Waals surface area contributed by atoms with E-state index >= 15 is 0 Å². The van der Waals surface area contributed by atoms with Crippen LogP contribution in [-0.2, 0) is 6.42 Å². The minimum atomic E-state index is -4.44. The predicted molar refractivity (Wildman–Crippen MR) is 225 cm³/mol. The minimum Gasteiger partial charge on any atom is -0.398 e. The number of alkyl halides is 3. The second-order valence-corrected chi connectivity index (χ2v) is 17.1. The van der Waals surface area contributed by atoms with Crippen molar-refractivity contribution in [3.05, 3.63) is 137 Å². The predicted octanol–water partition coefficient (Wildman–Crippen LogP) is 12.9. The lowest BCUT2D eigenvalue weighted by Crippen LogP contribution is -2.34. The first-order valence-electron chi connectivity index (χ1n) is 17.9. The van der Waals surface area contributed by atoms with E-state index in [1.54, 1.807) is 18.2 Å². The largest absolute Gasteiger partial charge is 0.446 e. The zero-order chi connectivity index (χ0) is 38.5. The van der Waals surface area contributed by atoms with Crippen molar-refractivity contribution < 1.29 is 18.0 Å². The van der Waals surface area contributed by atoms with Crippen LogP contribution >= 0.6 is 47.1 Å². The van der Waals surface area contributed by atoms with E-state index in [0.29, 0.717) is 16.4 Å². The third kappa shape index (κ3) is 13.3. The normalized spacial score (nSPS) is 13.4. The smallest absolute Gasteiger partial charge is 0.398 e. The van der Waals surface area contributed by atoms with Crippen molar-refractivity contribution in [2.24, 2.45) is 11.8 Å². The topological polar surface area (TPSA) is 58.4 Å². The summed E-state index contributed by atoms with van der Waals surface area (Å²) in [5.41, 5.74) is 6.57. The van der Waals surface area contributed by atoms with E-state index in [1.807, 2.05) is 36.0 Å². The molecule has 0 aliphatic carbocycles. The van der Waals surface area contributed by atoms with Crippen LogP contribution in [-0.4, -0.2) is 30.3 Å². The van der Waals surface area contributed by atoms with Crippen molar-refractivity contribution in [3.63, 3.8) is 0 Å². The van der Waals surface area contributed by atoms with Gasteiger partial charge in [-0.1, -0.05) is 80.0 Å². The Labute approximate surface area is 335 Å². The van der Waals surface area contributed by atoms with E-state index < -0.39 is 5.51 Å². The molecule has 1 aliphatic rings. The zero-order valence-corrected chi connectivity index (χ0v) is 33.5. The molecule has 11 heteroatoms. The Balaban J connectivity index is 0.000000398. The molecule has 0 radical (unpaired) electrons. The molecule has 1 amide bonds. The molecule has 5 aromatic rings. The second-order valence-electron chi connectivity index (χ2n) is 13.5. The zero-order valence-electron chi connectivity index (χ0n) is 30.3. The van der Waals surface area contributed by atoms with Gasteiger partial charge in [-0.3, -0.25) is 9.52 Å². The Hall–Kier alpha value is -3.70. The highest BCUT2D eigenvalue weighted by Gasteiger charge is 2.30. The van der Waals surface area contributed by atoms with E-state index in [2.05, 4.69) is 90.2 Å². The van der Waals surface area contributed by atoms with Crippen LogP contribution in [0.5, 0.6) is 0 Å². The first-order valence-corrected chi connectivity index (χ1v) is 20.9. The monoisotopic (exact) mass is 807 g/mol. The fraction of sp³-hybridized carbons (Fsp3) is 0.279. The summed E-state index contributed by atoms with van der Waals surface area (Å²) in [5.74, 6) is 2.31. The molecule has 0 bridgehead atoms. The molecule has 4 nitrogen and oxygen atoms in total. The fourth-order valence-electron chi connectivity index (χ4n) is 6.02. The van der Waals surface area contributed by atoms with Gasteiger partial charge in [-0.2, -0.15) is 13.2 Å². The minimum absolute atomic E-state index is 0.0374. The summed E-state index contributed by atoms with van der Waals surface area (Å²) >= 11 is 8.72. The second kappa shape index (κ2) is 20.3. The maximum absolute atomic E-state index is 12.8. The van der Waals surface area contributed by atoms with Crippen LogP contribution in [0.1, 0.15) is 49.0 Å². The molecular formula is C43H45ClF3N3OS3. The molecule has 0 unspecified atom stereocenters. The fourth-order valence-corrected chi connectivity index (χ4v) is 8.66. The van der Waals surface area contributed by atoms with Gasteiger partial charge in [-0.05, 0) is 150 Å². The molecule has 54 heavy (non-hydrogen) atoms. The number of piperidine rings is 1. The number of nitrogens with one attached hydrogen (secondary N) is 1. The lowest BCUT2D eigenvalue weighted by molar-refractivity contribution is -0.0328. The molecule has 0 atom stereocenters. The number of hydrogen-bond donors (Lipinski definition) is 2. The number of nitrogens with zero attached hydrogens (tertiary/aromatic N) is 1. The summed E-state index contributed by atoms with van der Waals surface area (Å²) in [6, 6.07) is 38.9. The molecule has 1 saturated heterocycles. The highest BCUT2D eigenvalue weighted by molar-refractivity contribution is 8.00. The standard InChI is InChI=1S/C32H29ClF3N3OS2.C11H16S/c33-25-9-5-22(6-10-25)28-4-2-1-3-24(28)19-21-15-17-39(18-16-21)26-11-7-23(8-12-26)31(40)38-42-27-13-14-29(37)30(20-27)41-32(34,35)36;1-10(2)8-9-12-11-6-4-3-5-7-11/h1-14,20-21H,15-19,37H2,(H,38,40);3-7,10H,8-9H2,1-2H3. The number of halogens is 4. The van der Waals surface area contributed by atoms with E-state index in [1.165, 1.54) is 45.9 Å². The number of hydrogen-bond acceptors (Lipinski definition) is 6. The van der Waals surface area contributed by atoms with Gasteiger partial charge < -0.3 is 10.6 Å². The van der Waals surface area contributed by atoms with Crippen molar-refractivity contribution in [1.29, 1.82) is 0 Å². The number of benzene rings is 5. The van der Waals surface area contributed by atoms with Gasteiger partial charge in [-0.25, -0.2) is 0 Å². The summed E-state index contributed by atoms with van der Waals surface area (Å²) in [6.07, 6.45) is 4.47. The van der Waals surface area contributed by atoms with Gasteiger partial charge in [0.05, 0.1) is 0 Å². The molecule has 5 aromatic carbocycles. The van der Waals surface area contributed by atoms with Crippen LogP contribution in [0.2, 0.25) is 5.02 Å². The summed E-state index contributed by atoms with van der Waals surface area (Å²) < 4.78 is 41.0. The number of nitrogens with two attached hydrogens (primary N) is 1. The van der Waals surface area contributed by atoms with Crippen LogP contribution in [0.15, 0.2) is 136 Å². The maximum Gasteiger partial charge on any atom is 0.446 e. The van der Waals surface area contributed by atoms with Gasteiger partial charge >= 0.3 is 5.51 Å². The maximum atomic E-state index is 12.8. The molecule has 6 rings (SSSR count). The third-order valence-electron chi connectivity index (χ3n) is 8.97. The van der Waals surface area contributed by atoms with Crippen LogP contribution < -0.4 is 15.4 Å².